The molecule has 0 bridgehead atoms. The number of nitrogens with zero attached hydrogens (tertiary/aromatic N) is 4. The first-order valence-electron chi connectivity index (χ1n) is 6.89. The molecule has 0 spiro atoms. The van der Waals surface area contributed by atoms with Gasteiger partial charge in [-0.1, -0.05) is 6.92 Å². The quantitative estimate of drug-likeness (QED) is 0.812. The maximum absolute atomic E-state index is 10.4. The summed E-state index contributed by atoms with van der Waals surface area (Å²) < 4.78 is 0. The fourth-order valence-electron chi connectivity index (χ4n) is 2.24. The summed E-state index contributed by atoms with van der Waals surface area (Å²) >= 11 is 0. The van der Waals surface area contributed by atoms with Gasteiger partial charge in [0.2, 0.25) is 5.95 Å². The van der Waals surface area contributed by atoms with E-state index in [-0.39, 0.29) is 0 Å². The standard InChI is InChI=1S/C14H20N4O2/c1-2-5-17-6-8-18(9-7-17)14-15-10-12(11-16-14)3-4-13(19)20/h3-4,10-11H,2,5-9H2,1H3,(H,19,20)/b4-3+. The first kappa shape index (κ1) is 14.5. The normalized spacial score (nSPS) is 16.8. The summed E-state index contributed by atoms with van der Waals surface area (Å²) in [5.41, 5.74) is 0.695. The second-order valence-electron chi connectivity index (χ2n) is 4.82. The minimum absolute atomic E-state index is 0.695. The van der Waals surface area contributed by atoms with Gasteiger partial charge in [-0.25, -0.2) is 14.8 Å². The predicted molar refractivity (Wildman–Crippen MR) is 77.6 cm³/mol. The molecule has 0 unspecified atom stereocenters. The van der Waals surface area contributed by atoms with Crippen LogP contribution in [0.5, 0.6) is 0 Å². The lowest BCUT2D eigenvalue weighted by Crippen LogP contribution is -2.47. The van der Waals surface area contributed by atoms with E-state index in [9.17, 15) is 4.79 Å². The van der Waals surface area contributed by atoms with E-state index in [1.807, 2.05) is 0 Å². The summed E-state index contributed by atoms with van der Waals surface area (Å²) in [5.74, 6) is -0.255. The molecule has 1 aliphatic heterocycles. The van der Waals surface area contributed by atoms with Gasteiger partial charge in [0.25, 0.3) is 0 Å². The Bertz CT molecular complexity index is 465. The zero-order chi connectivity index (χ0) is 14.4. The summed E-state index contributed by atoms with van der Waals surface area (Å²) in [7, 11) is 0. The molecule has 108 valence electrons. The van der Waals surface area contributed by atoms with Crippen molar-refractivity contribution in [2.45, 2.75) is 13.3 Å². The number of carboxylic acid groups (broad SMARTS) is 1. The molecule has 2 rings (SSSR count). The minimum atomic E-state index is -0.971. The van der Waals surface area contributed by atoms with Gasteiger partial charge < -0.3 is 10.0 Å². The first-order chi connectivity index (χ1) is 9.69. The Kier molecular flexibility index (Phi) is 5.06. The molecule has 0 aromatic carbocycles. The van der Waals surface area contributed by atoms with E-state index < -0.39 is 5.97 Å². The molecule has 0 atom stereocenters. The topological polar surface area (TPSA) is 69.6 Å². The van der Waals surface area contributed by atoms with Crippen LogP contribution in [0.1, 0.15) is 18.9 Å². The number of carbonyl (C=O) groups is 1. The van der Waals surface area contributed by atoms with Crippen molar-refractivity contribution >= 4 is 18.0 Å². The monoisotopic (exact) mass is 276 g/mol. The van der Waals surface area contributed by atoms with Crippen LogP contribution in [-0.4, -0.2) is 58.7 Å². The molecule has 1 N–H and O–H groups in total. The van der Waals surface area contributed by atoms with Gasteiger partial charge in [-0.05, 0) is 19.0 Å². The molecule has 1 aromatic heterocycles. The van der Waals surface area contributed by atoms with Crippen LogP contribution < -0.4 is 4.90 Å². The van der Waals surface area contributed by atoms with Crippen LogP contribution in [-0.2, 0) is 4.79 Å². The van der Waals surface area contributed by atoms with Crippen molar-refractivity contribution in [2.75, 3.05) is 37.6 Å². The van der Waals surface area contributed by atoms with Crippen LogP contribution in [0.15, 0.2) is 18.5 Å². The molecule has 0 amide bonds. The SMILES string of the molecule is CCCN1CCN(c2ncc(/C=C/C(=O)O)cn2)CC1. The zero-order valence-electron chi connectivity index (χ0n) is 11.7. The number of hydrogen-bond acceptors (Lipinski definition) is 5. The number of hydrogen-bond donors (Lipinski definition) is 1. The maximum Gasteiger partial charge on any atom is 0.328 e. The van der Waals surface area contributed by atoms with Crippen molar-refractivity contribution < 1.29 is 9.90 Å². The highest BCUT2D eigenvalue weighted by Gasteiger charge is 2.17. The molecule has 0 saturated carbocycles. The van der Waals surface area contributed by atoms with Crippen LogP contribution >= 0.6 is 0 Å². The third-order valence-corrected chi connectivity index (χ3v) is 3.27. The van der Waals surface area contributed by atoms with Crippen LogP contribution in [0.25, 0.3) is 6.08 Å². The van der Waals surface area contributed by atoms with Crippen molar-refractivity contribution in [1.29, 1.82) is 0 Å². The predicted octanol–water partition coefficient (Wildman–Crippen LogP) is 1.11. The number of aliphatic carboxylic acids is 1. The van der Waals surface area contributed by atoms with Gasteiger partial charge in [0.05, 0.1) is 0 Å². The third kappa shape index (κ3) is 4.03. The molecular weight excluding hydrogens is 256 g/mol. The van der Waals surface area contributed by atoms with E-state index in [0.29, 0.717) is 11.5 Å². The summed E-state index contributed by atoms with van der Waals surface area (Å²) in [4.78, 5) is 23.6. The highest BCUT2D eigenvalue weighted by atomic mass is 16.4. The fourth-order valence-corrected chi connectivity index (χ4v) is 2.24. The Morgan fingerprint density at radius 2 is 1.95 bits per heavy atom. The van der Waals surface area contributed by atoms with Gasteiger partial charge >= 0.3 is 5.97 Å². The lowest BCUT2D eigenvalue weighted by Gasteiger charge is -2.34. The molecule has 20 heavy (non-hydrogen) atoms. The average Bonchev–Trinajstić information content (AvgIpc) is 2.47. The molecule has 6 heteroatoms. The number of carboxylic acids is 1. The first-order valence-corrected chi connectivity index (χ1v) is 6.89. The van der Waals surface area contributed by atoms with Crippen molar-refractivity contribution in [2.24, 2.45) is 0 Å². The Morgan fingerprint density at radius 3 is 2.50 bits per heavy atom. The second kappa shape index (κ2) is 7.00. The molecule has 0 radical (unpaired) electrons. The van der Waals surface area contributed by atoms with Crippen molar-refractivity contribution in [3.8, 4) is 0 Å². The molecule has 1 aliphatic rings. The average molecular weight is 276 g/mol. The number of aromatic nitrogens is 2. The molecule has 0 aliphatic carbocycles. The second-order valence-corrected chi connectivity index (χ2v) is 4.82. The summed E-state index contributed by atoms with van der Waals surface area (Å²) in [6, 6.07) is 0. The van der Waals surface area contributed by atoms with E-state index in [1.54, 1.807) is 12.4 Å². The molecule has 1 aromatic rings. The van der Waals surface area contributed by atoms with Crippen LogP contribution in [0.4, 0.5) is 5.95 Å². The summed E-state index contributed by atoms with van der Waals surface area (Å²) in [6.45, 7) is 7.29. The lowest BCUT2D eigenvalue weighted by molar-refractivity contribution is -0.131. The van der Waals surface area contributed by atoms with Gasteiger partial charge in [-0.15, -0.1) is 0 Å². The van der Waals surface area contributed by atoms with E-state index >= 15 is 0 Å². The number of rotatable bonds is 5. The van der Waals surface area contributed by atoms with E-state index in [2.05, 4.69) is 26.7 Å². The van der Waals surface area contributed by atoms with E-state index in [4.69, 9.17) is 5.11 Å². The van der Waals surface area contributed by atoms with Gasteiger partial charge in [0.15, 0.2) is 0 Å². The van der Waals surface area contributed by atoms with E-state index in [0.717, 1.165) is 38.8 Å². The fraction of sp³-hybridized carbons (Fsp3) is 0.500. The molecule has 1 saturated heterocycles. The Morgan fingerprint density at radius 1 is 1.30 bits per heavy atom. The number of piperazine rings is 1. The van der Waals surface area contributed by atoms with Crippen molar-refractivity contribution in [3.63, 3.8) is 0 Å². The number of anilines is 1. The highest BCUT2D eigenvalue weighted by molar-refractivity contribution is 5.85. The summed E-state index contributed by atoms with van der Waals surface area (Å²) in [5, 5.41) is 8.56. The zero-order valence-corrected chi connectivity index (χ0v) is 11.7. The van der Waals surface area contributed by atoms with Crippen molar-refractivity contribution in [3.05, 3.63) is 24.0 Å². The highest BCUT2D eigenvalue weighted by Crippen LogP contribution is 2.11. The van der Waals surface area contributed by atoms with Gasteiger partial charge in [0.1, 0.15) is 0 Å². The Hall–Kier alpha value is -1.95. The molecule has 6 nitrogen and oxygen atoms in total. The van der Waals surface area contributed by atoms with Gasteiger partial charge in [-0.3, -0.25) is 4.90 Å². The Balaban J connectivity index is 1.92. The van der Waals surface area contributed by atoms with Gasteiger partial charge in [-0.2, -0.15) is 0 Å². The molecule has 2 heterocycles. The van der Waals surface area contributed by atoms with Gasteiger partial charge in [0, 0.05) is 50.2 Å². The molecular formula is C14H20N4O2. The molecule has 1 fully saturated rings. The smallest absolute Gasteiger partial charge is 0.328 e. The van der Waals surface area contributed by atoms with Crippen LogP contribution in [0, 0.1) is 0 Å². The summed E-state index contributed by atoms with van der Waals surface area (Å²) in [6.07, 6.45) is 7.06. The largest absolute Gasteiger partial charge is 0.478 e. The van der Waals surface area contributed by atoms with E-state index in [1.165, 1.54) is 12.5 Å². The van der Waals surface area contributed by atoms with Crippen LogP contribution in [0.2, 0.25) is 0 Å². The lowest BCUT2D eigenvalue weighted by atomic mass is 10.3. The van der Waals surface area contributed by atoms with Crippen molar-refractivity contribution in [1.82, 2.24) is 14.9 Å². The maximum atomic E-state index is 10.4. The Labute approximate surface area is 118 Å². The minimum Gasteiger partial charge on any atom is -0.478 e. The third-order valence-electron chi connectivity index (χ3n) is 3.27. The van der Waals surface area contributed by atoms with Crippen LogP contribution in [0.3, 0.4) is 0 Å².